The van der Waals surface area contributed by atoms with E-state index < -0.39 is 24.6 Å². The van der Waals surface area contributed by atoms with Gasteiger partial charge in [-0.2, -0.15) is 0 Å². The predicted octanol–water partition coefficient (Wildman–Crippen LogP) is 4.69. The molecule has 0 saturated carbocycles. The van der Waals surface area contributed by atoms with E-state index >= 15 is 0 Å². The summed E-state index contributed by atoms with van der Waals surface area (Å²) >= 11 is 6.31. The number of carbonyl (C=O) groups excluding carboxylic acids is 1. The zero-order chi connectivity index (χ0) is 22.1. The van der Waals surface area contributed by atoms with E-state index in [9.17, 15) is 14.7 Å². The van der Waals surface area contributed by atoms with Crippen LogP contribution in [0.1, 0.15) is 44.4 Å². The van der Waals surface area contributed by atoms with Crippen molar-refractivity contribution >= 4 is 29.2 Å². The average molecular weight is 432 g/mol. The second-order valence-electron chi connectivity index (χ2n) is 8.53. The number of aliphatic carboxylic acids is 1. The van der Waals surface area contributed by atoms with E-state index in [1.807, 2.05) is 39.0 Å². The Balaban J connectivity index is 2.23. The molecule has 2 atom stereocenters. The number of fused-ring (bicyclic) bond motifs is 1. The van der Waals surface area contributed by atoms with E-state index in [4.69, 9.17) is 21.1 Å². The molecule has 160 valence electrons. The van der Waals surface area contributed by atoms with Crippen molar-refractivity contribution in [2.75, 3.05) is 18.6 Å². The Morgan fingerprint density at radius 2 is 1.90 bits per heavy atom. The number of anilines is 1. The third-order valence-electron chi connectivity index (χ3n) is 4.82. The first-order chi connectivity index (χ1) is 14.1. The first kappa shape index (κ1) is 22.1. The summed E-state index contributed by atoms with van der Waals surface area (Å²) in [6.07, 6.45) is -2.30. The Morgan fingerprint density at radius 1 is 1.20 bits per heavy atom. The van der Waals surface area contributed by atoms with Gasteiger partial charge < -0.3 is 19.5 Å². The van der Waals surface area contributed by atoms with Crippen LogP contribution in [0.5, 0.6) is 5.75 Å². The van der Waals surface area contributed by atoms with Crippen LogP contribution in [0.4, 0.5) is 5.69 Å². The molecule has 0 spiro atoms. The molecule has 1 heterocycles. The minimum absolute atomic E-state index is 0.218. The van der Waals surface area contributed by atoms with E-state index in [1.165, 1.54) is 0 Å². The van der Waals surface area contributed by atoms with Crippen LogP contribution in [0.25, 0.3) is 0 Å². The summed E-state index contributed by atoms with van der Waals surface area (Å²) in [6, 6.07) is 12.6. The Morgan fingerprint density at radius 3 is 2.53 bits per heavy atom. The van der Waals surface area contributed by atoms with Gasteiger partial charge in [0.05, 0.1) is 13.5 Å². The van der Waals surface area contributed by atoms with Gasteiger partial charge in [-0.1, -0.05) is 50.6 Å². The molecule has 0 bridgehead atoms. The lowest BCUT2D eigenvalue weighted by atomic mass is 9.94. The number of benzene rings is 2. The molecule has 3 rings (SSSR count). The summed E-state index contributed by atoms with van der Waals surface area (Å²) in [5.41, 5.74) is 1.83. The highest BCUT2D eigenvalue weighted by atomic mass is 35.5. The number of carbonyl (C=O) groups is 2. The van der Waals surface area contributed by atoms with Gasteiger partial charge in [0.1, 0.15) is 18.0 Å². The number of para-hydroxylation sites is 1. The summed E-state index contributed by atoms with van der Waals surface area (Å²) < 4.78 is 11.7. The predicted molar refractivity (Wildman–Crippen MR) is 115 cm³/mol. The fraction of sp³-hybridized carbons (Fsp3) is 0.391. The van der Waals surface area contributed by atoms with Gasteiger partial charge in [-0.25, -0.2) is 0 Å². The van der Waals surface area contributed by atoms with Crippen molar-refractivity contribution in [2.24, 2.45) is 5.41 Å². The summed E-state index contributed by atoms with van der Waals surface area (Å²) in [4.78, 5) is 26.5. The minimum Gasteiger partial charge on any atom is -0.496 e. The lowest BCUT2D eigenvalue weighted by molar-refractivity contribution is -0.147. The van der Waals surface area contributed by atoms with Crippen molar-refractivity contribution < 1.29 is 24.2 Å². The molecule has 6 nitrogen and oxygen atoms in total. The van der Waals surface area contributed by atoms with Gasteiger partial charge in [-0.05, 0) is 29.7 Å². The van der Waals surface area contributed by atoms with Crippen LogP contribution in [-0.4, -0.2) is 36.7 Å². The number of carboxylic acids is 1. The molecule has 2 aromatic rings. The van der Waals surface area contributed by atoms with Gasteiger partial charge in [0, 0.05) is 28.4 Å². The molecule has 0 saturated heterocycles. The second-order valence-corrected chi connectivity index (χ2v) is 8.97. The van der Waals surface area contributed by atoms with Crippen LogP contribution in [0.3, 0.4) is 0 Å². The van der Waals surface area contributed by atoms with Crippen LogP contribution >= 0.6 is 11.6 Å². The minimum atomic E-state index is -1.15. The second kappa shape index (κ2) is 8.66. The molecule has 30 heavy (non-hydrogen) atoms. The molecular formula is C23H26ClNO5. The van der Waals surface area contributed by atoms with Gasteiger partial charge in [0.15, 0.2) is 0 Å². The Hall–Kier alpha value is -2.57. The Kier molecular flexibility index (Phi) is 6.38. The number of amides is 1. The van der Waals surface area contributed by atoms with Crippen molar-refractivity contribution in [3.63, 3.8) is 0 Å². The van der Waals surface area contributed by atoms with Gasteiger partial charge in [0.25, 0.3) is 5.91 Å². The van der Waals surface area contributed by atoms with E-state index in [0.29, 0.717) is 34.1 Å². The molecule has 2 aromatic carbocycles. The first-order valence-electron chi connectivity index (χ1n) is 9.71. The van der Waals surface area contributed by atoms with Crippen LogP contribution in [-0.2, 0) is 14.3 Å². The Labute approximate surface area is 181 Å². The summed E-state index contributed by atoms with van der Waals surface area (Å²) in [7, 11) is 1.56. The van der Waals surface area contributed by atoms with E-state index in [1.54, 1.807) is 36.3 Å². The van der Waals surface area contributed by atoms with Crippen molar-refractivity contribution in [2.45, 2.75) is 39.4 Å². The van der Waals surface area contributed by atoms with Gasteiger partial charge >= 0.3 is 5.97 Å². The molecular weight excluding hydrogens is 406 g/mol. The van der Waals surface area contributed by atoms with E-state index in [-0.39, 0.29) is 11.3 Å². The number of carboxylic acid groups (broad SMARTS) is 1. The SMILES string of the molecule is COc1ccccc1C1OC(CC(=O)O)C(=O)N(CC(C)(C)C)c2ccc(Cl)cc21. The number of hydrogen-bond donors (Lipinski definition) is 1. The number of halogens is 1. The van der Waals surface area contributed by atoms with Crippen molar-refractivity contribution in [1.29, 1.82) is 0 Å². The van der Waals surface area contributed by atoms with Crippen LogP contribution in [0, 0.1) is 5.41 Å². The monoisotopic (exact) mass is 431 g/mol. The van der Waals surface area contributed by atoms with Crippen molar-refractivity contribution in [3.8, 4) is 5.75 Å². The number of methoxy groups -OCH3 is 1. The van der Waals surface area contributed by atoms with Crippen LogP contribution in [0.15, 0.2) is 42.5 Å². The van der Waals surface area contributed by atoms with Crippen LogP contribution in [0.2, 0.25) is 5.02 Å². The number of rotatable bonds is 5. The zero-order valence-corrected chi connectivity index (χ0v) is 18.3. The average Bonchev–Trinajstić information content (AvgIpc) is 2.77. The third-order valence-corrected chi connectivity index (χ3v) is 5.05. The molecule has 0 aliphatic carbocycles. The van der Waals surface area contributed by atoms with E-state index in [0.717, 1.165) is 0 Å². The quantitative estimate of drug-likeness (QED) is 0.743. The smallest absolute Gasteiger partial charge is 0.306 e. The third kappa shape index (κ3) is 4.77. The highest BCUT2D eigenvalue weighted by molar-refractivity contribution is 6.30. The van der Waals surface area contributed by atoms with Crippen molar-refractivity contribution in [3.05, 3.63) is 58.6 Å². The first-order valence-corrected chi connectivity index (χ1v) is 10.1. The number of ether oxygens (including phenoxy) is 2. The molecule has 0 radical (unpaired) electrons. The summed E-state index contributed by atoms with van der Waals surface area (Å²) in [5, 5.41) is 9.91. The van der Waals surface area contributed by atoms with Crippen LogP contribution < -0.4 is 9.64 Å². The molecule has 1 aliphatic rings. The molecule has 1 amide bonds. The Bertz CT molecular complexity index is 953. The molecule has 0 fully saturated rings. The van der Waals surface area contributed by atoms with Crippen molar-refractivity contribution in [1.82, 2.24) is 0 Å². The topological polar surface area (TPSA) is 76.1 Å². The highest BCUT2D eigenvalue weighted by Crippen LogP contribution is 2.43. The maximum atomic E-state index is 13.4. The molecule has 0 aromatic heterocycles. The lowest BCUT2D eigenvalue weighted by Gasteiger charge is -2.31. The molecule has 2 unspecified atom stereocenters. The fourth-order valence-corrected chi connectivity index (χ4v) is 3.81. The summed E-state index contributed by atoms with van der Waals surface area (Å²) in [5.74, 6) is -0.903. The van der Waals surface area contributed by atoms with E-state index in [2.05, 4.69) is 0 Å². The number of hydrogen-bond acceptors (Lipinski definition) is 4. The maximum Gasteiger partial charge on any atom is 0.306 e. The zero-order valence-electron chi connectivity index (χ0n) is 17.5. The van der Waals surface area contributed by atoms with Gasteiger partial charge in [-0.15, -0.1) is 0 Å². The number of nitrogens with zero attached hydrogens (tertiary/aromatic N) is 1. The molecule has 1 aliphatic heterocycles. The maximum absolute atomic E-state index is 13.4. The molecule has 7 heteroatoms. The standard InChI is InChI=1S/C23H26ClNO5/c1-23(2,3)13-25-17-10-9-14(24)11-16(17)21(15-7-5-6-8-18(15)29-4)30-19(22(25)28)12-20(26)27/h5-11,19,21H,12-13H2,1-4H3,(H,26,27). The normalized spacial score (nSPS) is 19.2. The largest absolute Gasteiger partial charge is 0.496 e. The van der Waals surface area contributed by atoms with Gasteiger partial charge in [-0.3, -0.25) is 9.59 Å². The fourth-order valence-electron chi connectivity index (χ4n) is 3.62. The summed E-state index contributed by atoms with van der Waals surface area (Å²) in [6.45, 7) is 6.46. The molecule has 1 N–H and O–H groups in total. The van der Waals surface area contributed by atoms with Gasteiger partial charge in [0.2, 0.25) is 0 Å². The highest BCUT2D eigenvalue weighted by Gasteiger charge is 2.39. The lowest BCUT2D eigenvalue weighted by Crippen LogP contribution is -2.44.